The minimum Gasteiger partial charge on any atom is -0.397 e. The summed E-state index contributed by atoms with van der Waals surface area (Å²) in [4.78, 5) is 22.2. The Bertz CT molecular complexity index is 1060. The standard InChI is InChI=1S/C25H28N4O/c26-24-20-8-4-5-9-21(20)27-22-17-29(25(30)23(22)24)15-12-18-10-13-28(14-11-18)16-19-6-2-1-3-7-19/h1-9,18H,10-17H2,(H2,26,27). The molecule has 2 N–H and O–H groups in total. The van der Waals surface area contributed by atoms with Gasteiger partial charge in [0.2, 0.25) is 0 Å². The van der Waals surface area contributed by atoms with Crippen LogP contribution in [0.15, 0.2) is 54.6 Å². The van der Waals surface area contributed by atoms with Crippen LogP contribution in [0.3, 0.4) is 0 Å². The second-order valence-corrected chi connectivity index (χ2v) is 8.58. The zero-order valence-electron chi connectivity index (χ0n) is 17.3. The first-order valence-electron chi connectivity index (χ1n) is 10.9. The summed E-state index contributed by atoms with van der Waals surface area (Å²) in [6, 6.07) is 18.5. The second kappa shape index (κ2) is 8.07. The van der Waals surface area contributed by atoms with Gasteiger partial charge in [0.25, 0.3) is 5.91 Å². The number of amides is 1. The summed E-state index contributed by atoms with van der Waals surface area (Å²) in [5.74, 6) is 0.722. The molecule has 1 saturated heterocycles. The van der Waals surface area contributed by atoms with E-state index in [1.165, 1.54) is 18.4 Å². The number of nitrogens with two attached hydrogens (primary N) is 1. The van der Waals surface area contributed by atoms with E-state index in [9.17, 15) is 4.79 Å². The van der Waals surface area contributed by atoms with Crippen LogP contribution in [0.5, 0.6) is 0 Å². The first kappa shape index (κ1) is 19.1. The van der Waals surface area contributed by atoms with E-state index in [0.717, 1.165) is 49.2 Å². The van der Waals surface area contributed by atoms with Crippen LogP contribution in [0.2, 0.25) is 0 Å². The number of hydrogen-bond donors (Lipinski definition) is 1. The number of hydrogen-bond acceptors (Lipinski definition) is 4. The maximum Gasteiger partial charge on any atom is 0.258 e. The van der Waals surface area contributed by atoms with E-state index < -0.39 is 0 Å². The number of benzene rings is 2. The highest BCUT2D eigenvalue weighted by Gasteiger charge is 2.32. The number of aromatic nitrogens is 1. The molecule has 2 aliphatic heterocycles. The molecule has 0 spiro atoms. The fourth-order valence-electron chi connectivity index (χ4n) is 4.85. The number of rotatable bonds is 5. The smallest absolute Gasteiger partial charge is 0.258 e. The third-order valence-electron chi connectivity index (χ3n) is 6.61. The molecule has 154 valence electrons. The van der Waals surface area contributed by atoms with Crippen molar-refractivity contribution in [1.29, 1.82) is 0 Å². The molecule has 0 radical (unpaired) electrons. The highest BCUT2D eigenvalue weighted by atomic mass is 16.2. The fraction of sp³-hybridized carbons (Fsp3) is 0.360. The van der Waals surface area contributed by atoms with Crippen molar-refractivity contribution in [3.05, 3.63) is 71.4 Å². The number of anilines is 1. The number of para-hydroxylation sites is 1. The van der Waals surface area contributed by atoms with Crippen molar-refractivity contribution >= 4 is 22.5 Å². The van der Waals surface area contributed by atoms with E-state index in [-0.39, 0.29) is 5.91 Å². The SMILES string of the molecule is Nc1c2c(nc3ccccc13)CN(CCC1CCN(Cc3ccccc3)CC1)C2=O. The molecule has 5 heteroatoms. The van der Waals surface area contributed by atoms with Crippen LogP contribution in [0.25, 0.3) is 10.9 Å². The molecule has 3 heterocycles. The van der Waals surface area contributed by atoms with Gasteiger partial charge >= 0.3 is 0 Å². The molecule has 0 atom stereocenters. The Hall–Kier alpha value is -2.92. The predicted molar refractivity (Wildman–Crippen MR) is 120 cm³/mol. The molecule has 5 rings (SSSR count). The Morgan fingerprint density at radius 2 is 1.73 bits per heavy atom. The van der Waals surface area contributed by atoms with Gasteiger partial charge in [0.1, 0.15) is 0 Å². The summed E-state index contributed by atoms with van der Waals surface area (Å²) >= 11 is 0. The van der Waals surface area contributed by atoms with E-state index in [0.29, 0.717) is 23.7 Å². The molecule has 3 aromatic rings. The minimum absolute atomic E-state index is 0.0438. The van der Waals surface area contributed by atoms with Crippen molar-refractivity contribution in [1.82, 2.24) is 14.8 Å². The number of nitrogens with zero attached hydrogens (tertiary/aromatic N) is 3. The van der Waals surface area contributed by atoms with Crippen LogP contribution in [-0.2, 0) is 13.1 Å². The maximum atomic E-state index is 13.0. The molecule has 1 fully saturated rings. The molecule has 0 unspecified atom stereocenters. The Morgan fingerprint density at radius 3 is 2.53 bits per heavy atom. The molecule has 30 heavy (non-hydrogen) atoms. The summed E-state index contributed by atoms with van der Waals surface area (Å²) in [5, 5.41) is 0.872. The molecule has 1 aromatic heterocycles. The van der Waals surface area contributed by atoms with Crippen molar-refractivity contribution in [2.45, 2.75) is 32.4 Å². The summed E-state index contributed by atoms with van der Waals surface area (Å²) in [6.07, 6.45) is 3.45. The molecule has 5 nitrogen and oxygen atoms in total. The van der Waals surface area contributed by atoms with Crippen molar-refractivity contribution in [2.24, 2.45) is 5.92 Å². The van der Waals surface area contributed by atoms with Crippen molar-refractivity contribution < 1.29 is 4.79 Å². The van der Waals surface area contributed by atoms with Crippen LogP contribution in [-0.4, -0.2) is 40.3 Å². The molecule has 0 aliphatic carbocycles. The van der Waals surface area contributed by atoms with E-state index in [4.69, 9.17) is 10.7 Å². The maximum absolute atomic E-state index is 13.0. The number of fused-ring (bicyclic) bond motifs is 2. The van der Waals surface area contributed by atoms with E-state index in [1.54, 1.807) is 0 Å². The fourth-order valence-corrected chi connectivity index (χ4v) is 4.85. The normalized spacial score (nSPS) is 17.6. The zero-order valence-corrected chi connectivity index (χ0v) is 17.3. The molecular weight excluding hydrogens is 372 g/mol. The Kier molecular flexibility index (Phi) is 5.13. The van der Waals surface area contributed by atoms with Crippen molar-refractivity contribution in [3.63, 3.8) is 0 Å². The predicted octanol–water partition coefficient (Wildman–Crippen LogP) is 4.08. The lowest BCUT2D eigenvalue weighted by atomic mass is 9.93. The van der Waals surface area contributed by atoms with Gasteiger partial charge in [-0.25, -0.2) is 4.98 Å². The summed E-state index contributed by atoms with van der Waals surface area (Å²) < 4.78 is 0. The number of pyridine rings is 1. The molecule has 2 aromatic carbocycles. The first-order valence-corrected chi connectivity index (χ1v) is 10.9. The van der Waals surface area contributed by atoms with Crippen LogP contribution in [0, 0.1) is 5.92 Å². The van der Waals surface area contributed by atoms with Crippen LogP contribution in [0.1, 0.15) is 40.9 Å². The average Bonchev–Trinajstić information content (AvgIpc) is 3.09. The van der Waals surface area contributed by atoms with Gasteiger partial charge in [0.05, 0.1) is 29.0 Å². The van der Waals surface area contributed by atoms with Crippen LogP contribution < -0.4 is 5.73 Å². The zero-order chi connectivity index (χ0) is 20.5. The van der Waals surface area contributed by atoms with E-state index in [1.807, 2.05) is 29.2 Å². The average molecular weight is 401 g/mol. The number of carbonyl (C=O) groups excluding carboxylic acids is 1. The molecule has 1 amide bonds. The highest BCUT2D eigenvalue weighted by molar-refractivity contribution is 6.09. The van der Waals surface area contributed by atoms with Crippen molar-refractivity contribution in [3.8, 4) is 0 Å². The summed E-state index contributed by atoms with van der Waals surface area (Å²) in [5.41, 5.74) is 10.6. The lowest BCUT2D eigenvalue weighted by Gasteiger charge is -2.32. The van der Waals surface area contributed by atoms with Gasteiger partial charge in [0.15, 0.2) is 0 Å². The van der Waals surface area contributed by atoms with Gasteiger partial charge in [-0.15, -0.1) is 0 Å². The van der Waals surface area contributed by atoms with E-state index >= 15 is 0 Å². The Labute approximate surface area is 177 Å². The lowest BCUT2D eigenvalue weighted by Crippen LogP contribution is -2.35. The summed E-state index contributed by atoms with van der Waals surface area (Å²) in [7, 11) is 0. The molecule has 2 aliphatic rings. The van der Waals surface area contributed by atoms with Gasteiger partial charge in [-0.3, -0.25) is 9.69 Å². The molecule has 0 saturated carbocycles. The largest absolute Gasteiger partial charge is 0.397 e. The number of likely N-dealkylation sites (tertiary alicyclic amines) is 1. The Balaban J connectivity index is 1.17. The van der Waals surface area contributed by atoms with Gasteiger partial charge in [-0.2, -0.15) is 0 Å². The lowest BCUT2D eigenvalue weighted by molar-refractivity contribution is 0.0757. The molecule has 0 bridgehead atoms. The number of piperidine rings is 1. The quantitative estimate of drug-likeness (QED) is 0.701. The van der Waals surface area contributed by atoms with Crippen LogP contribution in [0.4, 0.5) is 5.69 Å². The molecular formula is C25H28N4O. The van der Waals surface area contributed by atoms with Gasteiger partial charge in [-0.05, 0) is 49.9 Å². The monoisotopic (exact) mass is 400 g/mol. The topological polar surface area (TPSA) is 62.5 Å². The first-order chi connectivity index (χ1) is 14.7. The van der Waals surface area contributed by atoms with Gasteiger partial charge in [-0.1, -0.05) is 48.5 Å². The van der Waals surface area contributed by atoms with Gasteiger partial charge < -0.3 is 10.6 Å². The Morgan fingerprint density at radius 1 is 1.00 bits per heavy atom. The second-order valence-electron chi connectivity index (χ2n) is 8.58. The number of carbonyl (C=O) groups is 1. The third kappa shape index (κ3) is 3.65. The van der Waals surface area contributed by atoms with Crippen molar-refractivity contribution in [2.75, 3.05) is 25.4 Å². The highest BCUT2D eigenvalue weighted by Crippen LogP contribution is 2.33. The minimum atomic E-state index is 0.0438. The van der Waals surface area contributed by atoms with E-state index in [2.05, 4.69) is 35.2 Å². The summed E-state index contributed by atoms with van der Waals surface area (Å²) in [6.45, 7) is 4.66. The van der Waals surface area contributed by atoms with Crippen LogP contribution >= 0.6 is 0 Å². The van der Waals surface area contributed by atoms with Gasteiger partial charge in [0, 0.05) is 18.5 Å². The number of nitrogen functional groups attached to an aromatic ring is 1. The third-order valence-corrected chi connectivity index (χ3v) is 6.61.